The molecule has 0 unspecified atom stereocenters. The molecule has 2 fully saturated rings. The number of carbonyl (C=O) groups excluding carboxylic acids is 2. The summed E-state index contributed by atoms with van der Waals surface area (Å²) in [5.74, 6) is 0.907. The Morgan fingerprint density at radius 2 is 1.86 bits per heavy atom. The topological polar surface area (TPSA) is 76.7 Å². The van der Waals surface area contributed by atoms with Crippen LogP contribution in [-0.4, -0.2) is 77.0 Å². The highest BCUT2D eigenvalue weighted by atomic mass is 16.1. The first-order chi connectivity index (χ1) is 14.2. The smallest absolute Gasteiger partial charge is 0.207 e. The fraction of sp³-hybridized carbons (Fsp3) is 0.636. The number of carbonyl (C=O) groups is 2. The maximum absolute atomic E-state index is 9.52. The molecule has 2 saturated heterocycles. The maximum Gasteiger partial charge on any atom is 0.207 e. The lowest BCUT2D eigenvalue weighted by atomic mass is 9.97. The third-order valence-corrected chi connectivity index (χ3v) is 5.68. The molecule has 0 bridgehead atoms. The number of benzene rings is 1. The van der Waals surface area contributed by atoms with Crippen molar-refractivity contribution in [2.24, 2.45) is 5.92 Å². The zero-order valence-corrected chi connectivity index (χ0v) is 18.0. The first kappa shape index (κ1) is 23.2. The Bertz CT molecular complexity index is 603. The summed E-state index contributed by atoms with van der Waals surface area (Å²) in [4.78, 5) is 24.2. The highest BCUT2D eigenvalue weighted by Gasteiger charge is 2.21. The van der Waals surface area contributed by atoms with Crippen molar-refractivity contribution in [3.05, 3.63) is 23.8 Å². The molecule has 162 valence electrons. The number of nitrogens with zero attached hydrogens (tertiary/aromatic N) is 2. The SMILES string of the molecule is CNc1ccc(N2CCN(CC3CCNCC3)CC2)cc1C.O=CCCNC=O. The van der Waals surface area contributed by atoms with E-state index in [4.69, 9.17) is 0 Å². The van der Waals surface area contributed by atoms with Gasteiger partial charge >= 0.3 is 0 Å². The molecular formula is C22H37N5O2. The largest absolute Gasteiger partial charge is 0.388 e. The lowest BCUT2D eigenvalue weighted by molar-refractivity contribution is -0.109. The minimum Gasteiger partial charge on any atom is -0.388 e. The molecule has 2 aliphatic rings. The van der Waals surface area contributed by atoms with E-state index in [0.717, 1.165) is 25.3 Å². The van der Waals surface area contributed by atoms with Crippen LogP contribution in [0.1, 0.15) is 24.8 Å². The van der Waals surface area contributed by atoms with Gasteiger partial charge in [-0.05, 0) is 62.5 Å². The first-order valence-electron chi connectivity index (χ1n) is 10.7. The van der Waals surface area contributed by atoms with Gasteiger partial charge < -0.3 is 25.6 Å². The zero-order chi connectivity index (χ0) is 20.9. The van der Waals surface area contributed by atoms with Gasteiger partial charge in [0.25, 0.3) is 0 Å². The summed E-state index contributed by atoms with van der Waals surface area (Å²) in [6.07, 6.45) is 4.44. The van der Waals surface area contributed by atoms with Gasteiger partial charge in [-0.3, -0.25) is 9.69 Å². The normalized spacial score (nSPS) is 17.8. The zero-order valence-electron chi connectivity index (χ0n) is 18.0. The Kier molecular flexibility index (Phi) is 10.5. The van der Waals surface area contributed by atoms with Gasteiger partial charge in [0.2, 0.25) is 6.41 Å². The Balaban J connectivity index is 0.000000370. The van der Waals surface area contributed by atoms with E-state index in [9.17, 15) is 9.59 Å². The molecule has 0 spiro atoms. The van der Waals surface area contributed by atoms with Crippen molar-refractivity contribution >= 4 is 24.1 Å². The van der Waals surface area contributed by atoms with E-state index < -0.39 is 0 Å². The molecule has 1 amide bonds. The van der Waals surface area contributed by atoms with Crippen LogP contribution in [0, 0.1) is 12.8 Å². The predicted octanol–water partition coefficient (Wildman–Crippen LogP) is 1.48. The molecule has 7 nitrogen and oxygen atoms in total. The second kappa shape index (κ2) is 13.2. The molecule has 3 rings (SSSR count). The fourth-order valence-corrected chi connectivity index (χ4v) is 3.94. The van der Waals surface area contributed by atoms with Crippen molar-refractivity contribution in [3.8, 4) is 0 Å². The van der Waals surface area contributed by atoms with Crippen LogP contribution in [0.15, 0.2) is 18.2 Å². The van der Waals surface area contributed by atoms with Gasteiger partial charge in [-0.1, -0.05) is 0 Å². The molecule has 3 N–H and O–H groups in total. The van der Waals surface area contributed by atoms with Crippen LogP contribution in [0.25, 0.3) is 0 Å². The van der Waals surface area contributed by atoms with Gasteiger partial charge in [0.15, 0.2) is 0 Å². The third kappa shape index (κ3) is 8.03. The number of piperidine rings is 1. The second-order valence-electron chi connectivity index (χ2n) is 7.76. The summed E-state index contributed by atoms with van der Waals surface area (Å²) in [7, 11) is 1.99. The number of anilines is 2. The molecule has 1 aromatic carbocycles. The summed E-state index contributed by atoms with van der Waals surface area (Å²) in [5.41, 5.74) is 3.93. The van der Waals surface area contributed by atoms with Crippen LogP contribution < -0.4 is 20.9 Å². The van der Waals surface area contributed by atoms with Crippen molar-refractivity contribution < 1.29 is 9.59 Å². The van der Waals surface area contributed by atoms with Gasteiger partial charge in [-0.25, -0.2) is 0 Å². The highest BCUT2D eigenvalue weighted by molar-refractivity contribution is 5.60. The van der Waals surface area contributed by atoms with Crippen molar-refractivity contribution in [2.45, 2.75) is 26.2 Å². The van der Waals surface area contributed by atoms with Gasteiger partial charge in [-0.15, -0.1) is 0 Å². The average Bonchev–Trinajstić information content (AvgIpc) is 2.76. The van der Waals surface area contributed by atoms with Crippen LogP contribution in [-0.2, 0) is 9.59 Å². The molecule has 0 radical (unpaired) electrons. The number of amides is 1. The summed E-state index contributed by atoms with van der Waals surface area (Å²) in [6.45, 7) is 11.1. The molecule has 0 atom stereocenters. The van der Waals surface area contributed by atoms with E-state index in [1.807, 2.05) is 7.05 Å². The molecule has 0 saturated carbocycles. The number of rotatable bonds is 8. The van der Waals surface area contributed by atoms with Gasteiger partial charge in [0.05, 0.1) is 0 Å². The summed E-state index contributed by atoms with van der Waals surface area (Å²) in [5, 5.41) is 9.05. The number of aldehydes is 1. The number of hydrogen-bond acceptors (Lipinski definition) is 6. The van der Waals surface area contributed by atoms with Gasteiger partial charge in [-0.2, -0.15) is 0 Å². The van der Waals surface area contributed by atoms with Crippen molar-refractivity contribution in [1.82, 2.24) is 15.5 Å². The predicted molar refractivity (Wildman–Crippen MR) is 120 cm³/mol. The lowest BCUT2D eigenvalue weighted by Gasteiger charge is -2.38. The Hall–Kier alpha value is -2.12. The molecular weight excluding hydrogens is 366 g/mol. The molecule has 7 heteroatoms. The number of piperazine rings is 1. The second-order valence-corrected chi connectivity index (χ2v) is 7.76. The molecule has 2 aliphatic heterocycles. The van der Waals surface area contributed by atoms with E-state index >= 15 is 0 Å². The van der Waals surface area contributed by atoms with E-state index in [2.05, 4.69) is 50.9 Å². The van der Waals surface area contributed by atoms with Crippen LogP contribution >= 0.6 is 0 Å². The Morgan fingerprint density at radius 3 is 2.45 bits per heavy atom. The minimum atomic E-state index is 0.402. The quantitative estimate of drug-likeness (QED) is 0.451. The average molecular weight is 404 g/mol. The first-order valence-corrected chi connectivity index (χ1v) is 10.7. The van der Waals surface area contributed by atoms with Crippen molar-refractivity contribution in [3.63, 3.8) is 0 Å². The summed E-state index contributed by atoms with van der Waals surface area (Å²) < 4.78 is 0. The highest BCUT2D eigenvalue weighted by Crippen LogP contribution is 2.24. The summed E-state index contributed by atoms with van der Waals surface area (Å²) in [6, 6.07) is 6.77. The number of nitrogens with one attached hydrogen (secondary N) is 3. The standard InChI is InChI=1S/C18H30N4.C4H7NO2/c1-15-13-17(3-4-18(15)19-2)22-11-9-21(10-12-22)14-16-5-7-20-8-6-16;6-3-1-2-5-4-7/h3-4,13,16,19-20H,5-12,14H2,1-2H3;3-4H,1-2H2,(H,5,7). The van der Waals surface area contributed by atoms with Crippen LogP contribution in [0.2, 0.25) is 0 Å². The summed E-state index contributed by atoms with van der Waals surface area (Å²) >= 11 is 0. The van der Waals surface area contributed by atoms with Crippen LogP contribution in [0.3, 0.4) is 0 Å². The van der Waals surface area contributed by atoms with E-state index in [1.54, 1.807) is 0 Å². The molecule has 2 heterocycles. The molecule has 1 aromatic rings. The Labute approximate surface area is 175 Å². The molecule has 0 aromatic heterocycles. The van der Waals surface area contributed by atoms with Crippen molar-refractivity contribution in [1.29, 1.82) is 0 Å². The van der Waals surface area contributed by atoms with E-state index in [-0.39, 0.29) is 0 Å². The van der Waals surface area contributed by atoms with Crippen LogP contribution in [0.5, 0.6) is 0 Å². The van der Waals surface area contributed by atoms with Crippen LogP contribution in [0.4, 0.5) is 11.4 Å². The lowest BCUT2D eigenvalue weighted by Crippen LogP contribution is -2.48. The third-order valence-electron chi connectivity index (χ3n) is 5.68. The Morgan fingerprint density at radius 1 is 1.14 bits per heavy atom. The monoisotopic (exact) mass is 403 g/mol. The van der Waals surface area contributed by atoms with Crippen molar-refractivity contribution in [2.75, 3.05) is 69.6 Å². The molecule has 29 heavy (non-hydrogen) atoms. The minimum absolute atomic E-state index is 0.402. The van der Waals surface area contributed by atoms with E-state index in [0.29, 0.717) is 19.4 Å². The fourth-order valence-electron chi connectivity index (χ4n) is 3.94. The molecule has 0 aliphatic carbocycles. The van der Waals surface area contributed by atoms with E-state index in [1.165, 1.54) is 62.5 Å². The number of aryl methyl sites for hydroxylation is 1. The van der Waals surface area contributed by atoms with Gasteiger partial charge in [0, 0.05) is 64.1 Å². The number of hydrogen-bond donors (Lipinski definition) is 3. The van der Waals surface area contributed by atoms with Gasteiger partial charge in [0.1, 0.15) is 6.29 Å². The maximum atomic E-state index is 9.52.